The Hall–Kier alpha value is -1.89. The molecule has 2 aromatic rings. The zero-order valence-corrected chi connectivity index (χ0v) is 12.9. The molecular formula is C14H18N4O2S. The van der Waals surface area contributed by atoms with Gasteiger partial charge in [0.25, 0.3) is 5.91 Å². The lowest BCUT2D eigenvalue weighted by Crippen LogP contribution is -2.39. The lowest BCUT2D eigenvalue weighted by molar-refractivity contribution is 0.0706. The highest BCUT2D eigenvalue weighted by molar-refractivity contribution is 7.12. The Labute approximate surface area is 127 Å². The number of nitrogens with one attached hydrogen (secondary N) is 1. The molecule has 1 saturated heterocycles. The number of rotatable bonds is 3. The van der Waals surface area contributed by atoms with Crippen LogP contribution in [-0.4, -0.2) is 46.2 Å². The number of thiophene rings is 1. The monoisotopic (exact) mass is 306 g/mol. The van der Waals surface area contributed by atoms with Crippen molar-refractivity contribution in [1.29, 1.82) is 0 Å². The second kappa shape index (κ2) is 5.85. The Morgan fingerprint density at radius 3 is 3.14 bits per heavy atom. The molecule has 1 aliphatic heterocycles. The fraction of sp³-hybridized carbons (Fsp3) is 0.500. The molecule has 0 radical (unpaired) electrons. The number of hydrogen-bond acceptors (Lipinski definition) is 5. The summed E-state index contributed by atoms with van der Waals surface area (Å²) in [6, 6.07) is 1.83. The molecule has 1 amide bonds. The second-order valence-electron chi connectivity index (χ2n) is 5.19. The highest BCUT2D eigenvalue weighted by Crippen LogP contribution is 2.30. The van der Waals surface area contributed by atoms with E-state index in [1.165, 1.54) is 11.3 Å². The van der Waals surface area contributed by atoms with Crippen LogP contribution in [0.3, 0.4) is 0 Å². The van der Waals surface area contributed by atoms with Gasteiger partial charge in [0.05, 0.1) is 7.11 Å². The van der Waals surface area contributed by atoms with E-state index >= 15 is 0 Å². The summed E-state index contributed by atoms with van der Waals surface area (Å²) < 4.78 is 5.25. The van der Waals surface area contributed by atoms with Gasteiger partial charge >= 0.3 is 0 Å². The van der Waals surface area contributed by atoms with Gasteiger partial charge in [0.2, 0.25) is 0 Å². The summed E-state index contributed by atoms with van der Waals surface area (Å²) in [4.78, 5) is 19.6. The Morgan fingerprint density at radius 2 is 2.43 bits per heavy atom. The number of ether oxygens (including phenoxy) is 1. The largest absolute Gasteiger partial charge is 0.495 e. The normalized spacial score (nSPS) is 18.8. The van der Waals surface area contributed by atoms with E-state index in [-0.39, 0.29) is 11.8 Å². The van der Waals surface area contributed by atoms with E-state index in [2.05, 4.69) is 15.2 Å². The number of aromatic nitrogens is 3. The fourth-order valence-corrected chi connectivity index (χ4v) is 3.50. The summed E-state index contributed by atoms with van der Waals surface area (Å²) in [5.41, 5.74) is 0. The first-order valence-electron chi connectivity index (χ1n) is 6.98. The van der Waals surface area contributed by atoms with E-state index in [4.69, 9.17) is 4.74 Å². The van der Waals surface area contributed by atoms with Crippen LogP contribution in [0.5, 0.6) is 5.75 Å². The molecule has 2 aromatic heterocycles. The van der Waals surface area contributed by atoms with E-state index in [1.54, 1.807) is 7.11 Å². The quantitative estimate of drug-likeness (QED) is 0.943. The SMILES string of the molecule is COc1ccsc1C(=O)N1CCC[C@H](c2n[nH]c(C)n2)C1. The third-order valence-corrected chi connectivity index (χ3v) is 4.62. The molecule has 21 heavy (non-hydrogen) atoms. The Balaban J connectivity index is 1.75. The number of methoxy groups -OCH3 is 1. The molecule has 1 aliphatic rings. The number of piperidine rings is 1. The van der Waals surface area contributed by atoms with Crippen LogP contribution in [0, 0.1) is 6.92 Å². The summed E-state index contributed by atoms with van der Waals surface area (Å²) >= 11 is 1.42. The maximum absolute atomic E-state index is 12.6. The molecule has 0 bridgehead atoms. The van der Waals surface area contributed by atoms with Gasteiger partial charge in [-0.25, -0.2) is 4.98 Å². The number of hydrogen-bond donors (Lipinski definition) is 1. The number of likely N-dealkylation sites (tertiary alicyclic amines) is 1. The molecule has 1 fully saturated rings. The Morgan fingerprint density at radius 1 is 1.57 bits per heavy atom. The summed E-state index contributed by atoms with van der Waals surface area (Å²) in [5.74, 6) is 2.52. The molecule has 112 valence electrons. The Bertz CT molecular complexity index is 636. The van der Waals surface area contributed by atoms with Gasteiger partial charge in [-0.15, -0.1) is 11.3 Å². The van der Waals surface area contributed by atoms with Crippen molar-refractivity contribution in [1.82, 2.24) is 20.1 Å². The van der Waals surface area contributed by atoms with E-state index in [0.29, 0.717) is 17.2 Å². The minimum absolute atomic E-state index is 0.0406. The first kappa shape index (κ1) is 14.1. The molecule has 1 atom stereocenters. The van der Waals surface area contributed by atoms with Crippen molar-refractivity contribution in [3.63, 3.8) is 0 Å². The molecule has 0 unspecified atom stereocenters. The van der Waals surface area contributed by atoms with Crippen LogP contribution in [0.15, 0.2) is 11.4 Å². The molecule has 1 N–H and O–H groups in total. The van der Waals surface area contributed by atoms with Crippen LogP contribution in [0.2, 0.25) is 0 Å². The highest BCUT2D eigenvalue weighted by Gasteiger charge is 2.29. The third kappa shape index (κ3) is 2.78. The van der Waals surface area contributed by atoms with Crippen LogP contribution < -0.4 is 4.74 Å². The maximum Gasteiger partial charge on any atom is 0.267 e. The van der Waals surface area contributed by atoms with Crippen molar-refractivity contribution in [2.24, 2.45) is 0 Å². The number of carbonyl (C=O) groups is 1. The van der Waals surface area contributed by atoms with Gasteiger partial charge in [-0.1, -0.05) is 0 Å². The average molecular weight is 306 g/mol. The van der Waals surface area contributed by atoms with Crippen LogP contribution in [-0.2, 0) is 0 Å². The number of aryl methyl sites for hydroxylation is 1. The van der Waals surface area contributed by atoms with Crippen molar-refractivity contribution in [3.05, 3.63) is 28.0 Å². The number of amides is 1. The van der Waals surface area contributed by atoms with E-state index in [9.17, 15) is 4.79 Å². The minimum atomic E-state index is 0.0406. The highest BCUT2D eigenvalue weighted by atomic mass is 32.1. The fourth-order valence-electron chi connectivity index (χ4n) is 2.67. The molecular weight excluding hydrogens is 288 g/mol. The third-order valence-electron chi connectivity index (χ3n) is 3.73. The number of carbonyl (C=O) groups excluding carboxylic acids is 1. The van der Waals surface area contributed by atoms with Crippen molar-refractivity contribution < 1.29 is 9.53 Å². The predicted octanol–water partition coefficient (Wildman–Crippen LogP) is 2.20. The second-order valence-corrected chi connectivity index (χ2v) is 6.10. The van der Waals surface area contributed by atoms with Gasteiger partial charge in [-0.05, 0) is 31.2 Å². The predicted molar refractivity (Wildman–Crippen MR) is 79.9 cm³/mol. The molecule has 7 heteroatoms. The number of aromatic amines is 1. The van der Waals surface area contributed by atoms with Crippen LogP contribution >= 0.6 is 11.3 Å². The van der Waals surface area contributed by atoms with Crippen LogP contribution in [0.25, 0.3) is 0 Å². The van der Waals surface area contributed by atoms with Gasteiger partial charge in [0.1, 0.15) is 16.5 Å². The molecule has 6 nitrogen and oxygen atoms in total. The van der Waals surface area contributed by atoms with Crippen molar-refractivity contribution in [2.45, 2.75) is 25.7 Å². The number of H-pyrrole nitrogens is 1. The molecule has 0 aromatic carbocycles. The zero-order chi connectivity index (χ0) is 14.8. The number of nitrogens with zero attached hydrogens (tertiary/aromatic N) is 3. The zero-order valence-electron chi connectivity index (χ0n) is 12.1. The van der Waals surface area contributed by atoms with Crippen LogP contribution in [0.4, 0.5) is 0 Å². The summed E-state index contributed by atoms with van der Waals surface area (Å²) in [7, 11) is 1.59. The van der Waals surface area contributed by atoms with Crippen LogP contribution in [0.1, 0.15) is 40.1 Å². The van der Waals surface area contributed by atoms with Crippen molar-refractivity contribution in [3.8, 4) is 5.75 Å². The molecule has 0 spiro atoms. The van der Waals surface area contributed by atoms with Gasteiger partial charge in [-0.2, -0.15) is 5.10 Å². The first-order chi connectivity index (χ1) is 10.2. The van der Waals surface area contributed by atoms with E-state index in [0.717, 1.165) is 31.0 Å². The summed E-state index contributed by atoms with van der Waals surface area (Å²) in [6.45, 7) is 3.33. The topological polar surface area (TPSA) is 71.1 Å². The molecule has 0 saturated carbocycles. The summed E-state index contributed by atoms with van der Waals surface area (Å²) in [6.07, 6.45) is 1.99. The van der Waals surface area contributed by atoms with Crippen molar-refractivity contribution in [2.75, 3.05) is 20.2 Å². The van der Waals surface area contributed by atoms with Gasteiger partial charge in [-0.3, -0.25) is 9.89 Å². The van der Waals surface area contributed by atoms with Gasteiger partial charge < -0.3 is 9.64 Å². The van der Waals surface area contributed by atoms with E-state index < -0.39 is 0 Å². The van der Waals surface area contributed by atoms with Gasteiger partial charge in [0.15, 0.2) is 5.82 Å². The van der Waals surface area contributed by atoms with E-state index in [1.807, 2.05) is 23.3 Å². The summed E-state index contributed by atoms with van der Waals surface area (Å²) in [5, 5.41) is 8.99. The average Bonchev–Trinajstić information content (AvgIpc) is 3.15. The van der Waals surface area contributed by atoms with Crippen molar-refractivity contribution >= 4 is 17.2 Å². The van der Waals surface area contributed by atoms with Gasteiger partial charge in [0, 0.05) is 19.0 Å². The standard InChI is InChI=1S/C14H18N4O2S/c1-9-15-13(17-16-9)10-4-3-6-18(8-10)14(19)12-11(20-2)5-7-21-12/h5,7,10H,3-4,6,8H2,1-2H3,(H,15,16,17)/t10-/m0/s1. The Kier molecular flexibility index (Phi) is 3.92. The maximum atomic E-state index is 12.6. The lowest BCUT2D eigenvalue weighted by Gasteiger charge is -2.31. The smallest absolute Gasteiger partial charge is 0.267 e. The lowest BCUT2D eigenvalue weighted by atomic mass is 9.97. The first-order valence-corrected chi connectivity index (χ1v) is 7.86. The molecule has 3 rings (SSSR count). The minimum Gasteiger partial charge on any atom is -0.495 e. The molecule has 3 heterocycles. The molecule has 0 aliphatic carbocycles.